The zero-order valence-corrected chi connectivity index (χ0v) is 21.4. The third-order valence-electron chi connectivity index (χ3n) is 5.34. The van der Waals surface area contributed by atoms with Crippen molar-refractivity contribution in [2.75, 3.05) is 54.0 Å². The minimum atomic E-state index is 0. The maximum Gasteiger partial charge on any atom is 0.194 e. The van der Waals surface area contributed by atoms with Gasteiger partial charge in [0.2, 0.25) is 0 Å². The fourth-order valence-corrected chi connectivity index (χ4v) is 3.64. The van der Waals surface area contributed by atoms with Crippen LogP contribution in [0.2, 0.25) is 0 Å². The molecule has 0 saturated carbocycles. The lowest BCUT2D eigenvalue weighted by molar-refractivity contribution is -0.00807. The number of rotatable bonds is 7. The molecule has 0 spiro atoms. The molecule has 1 aliphatic rings. The summed E-state index contributed by atoms with van der Waals surface area (Å²) in [7, 11) is 7.79. The van der Waals surface area contributed by atoms with Crippen molar-refractivity contribution in [1.29, 1.82) is 0 Å². The van der Waals surface area contributed by atoms with Gasteiger partial charge in [-0.3, -0.25) is 9.67 Å². The molecule has 2 heterocycles. The molecule has 1 saturated heterocycles. The number of aromatic nitrogens is 2. The highest BCUT2D eigenvalue weighted by atomic mass is 127. The van der Waals surface area contributed by atoms with Crippen molar-refractivity contribution < 1.29 is 9.47 Å². The largest absolute Gasteiger partial charge is 0.497 e. The summed E-state index contributed by atoms with van der Waals surface area (Å²) in [6.07, 6.45) is 3.90. The number of benzene rings is 1. The van der Waals surface area contributed by atoms with Crippen molar-refractivity contribution in [3.63, 3.8) is 0 Å². The monoisotopic (exact) mass is 542 g/mol. The number of methoxy groups -OCH3 is 1. The molecule has 2 atom stereocenters. The molecule has 1 N–H and O–H groups in total. The molecule has 1 aromatic carbocycles. The average Bonchev–Trinajstić information content (AvgIpc) is 3.20. The number of nitrogens with one attached hydrogen (secondary N) is 1. The number of halogens is 1. The minimum absolute atomic E-state index is 0. The average molecular weight is 542 g/mol. The molecule has 0 bridgehead atoms. The maximum atomic E-state index is 5.99. The first kappa shape index (κ1) is 25.4. The van der Waals surface area contributed by atoms with Crippen LogP contribution in [-0.2, 0) is 11.8 Å². The Morgan fingerprint density at radius 3 is 2.68 bits per heavy atom. The number of guanidine groups is 1. The lowest BCUT2D eigenvalue weighted by atomic mass is 10.1. The van der Waals surface area contributed by atoms with E-state index in [0.717, 1.165) is 36.9 Å². The minimum Gasteiger partial charge on any atom is -0.497 e. The van der Waals surface area contributed by atoms with Crippen molar-refractivity contribution in [2.24, 2.45) is 12.0 Å². The van der Waals surface area contributed by atoms with E-state index in [0.29, 0.717) is 13.2 Å². The maximum absolute atomic E-state index is 5.99. The van der Waals surface area contributed by atoms with E-state index in [2.05, 4.69) is 53.4 Å². The van der Waals surface area contributed by atoms with Gasteiger partial charge in [0, 0.05) is 31.9 Å². The van der Waals surface area contributed by atoms with E-state index in [1.165, 1.54) is 5.56 Å². The van der Waals surface area contributed by atoms with Crippen molar-refractivity contribution in [1.82, 2.24) is 24.9 Å². The number of likely N-dealkylation sites (N-methyl/N-ethyl adjacent to an activating group) is 1. The Kier molecular flexibility index (Phi) is 10.0. The SMILES string of the molecule is CCNC(=NCC(c1ccc(OC)cc1)N(C)C)N1CCOC(c2cnn(C)c2)C1.I. The lowest BCUT2D eigenvalue weighted by Crippen LogP contribution is -2.48. The number of nitrogens with zero attached hydrogens (tertiary/aromatic N) is 5. The molecule has 1 aliphatic heterocycles. The predicted molar refractivity (Wildman–Crippen MR) is 134 cm³/mol. The van der Waals surface area contributed by atoms with Crippen molar-refractivity contribution in [2.45, 2.75) is 19.1 Å². The second kappa shape index (κ2) is 12.3. The highest BCUT2D eigenvalue weighted by Gasteiger charge is 2.25. The first-order valence-electron chi connectivity index (χ1n) is 10.5. The highest BCUT2D eigenvalue weighted by molar-refractivity contribution is 14.0. The molecule has 1 fully saturated rings. The zero-order valence-electron chi connectivity index (χ0n) is 19.1. The van der Waals surface area contributed by atoms with E-state index in [1.807, 2.05) is 36.3 Å². The van der Waals surface area contributed by atoms with Crippen molar-refractivity contribution in [3.05, 3.63) is 47.8 Å². The van der Waals surface area contributed by atoms with Gasteiger partial charge in [-0.15, -0.1) is 24.0 Å². The van der Waals surface area contributed by atoms with Crippen LogP contribution in [0.15, 0.2) is 41.7 Å². The number of hydrogen-bond donors (Lipinski definition) is 1. The molecule has 0 amide bonds. The number of ether oxygens (including phenoxy) is 2. The van der Waals surface area contributed by atoms with Gasteiger partial charge in [0.05, 0.1) is 39.0 Å². The van der Waals surface area contributed by atoms with Crippen LogP contribution in [0.5, 0.6) is 5.75 Å². The van der Waals surface area contributed by atoms with Crippen molar-refractivity contribution in [3.8, 4) is 5.75 Å². The molecular weight excluding hydrogens is 507 g/mol. The van der Waals surface area contributed by atoms with E-state index >= 15 is 0 Å². The van der Waals surface area contributed by atoms with Gasteiger partial charge < -0.3 is 24.6 Å². The lowest BCUT2D eigenvalue weighted by Gasteiger charge is -2.35. The fraction of sp³-hybridized carbons (Fsp3) is 0.545. The first-order chi connectivity index (χ1) is 14.5. The normalized spacial score (nSPS) is 17.9. The van der Waals surface area contributed by atoms with E-state index < -0.39 is 0 Å². The molecule has 0 radical (unpaired) electrons. The quantitative estimate of drug-likeness (QED) is 0.330. The summed E-state index contributed by atoms with van der Waals surface area (Å²) in [6.45, 7) is 5.82. The first-order valence-corrected chi connectivity index (χ1v) is 10.5. The van der Waals surface area contributed by atoms with Crippen LogP contribution >= 0.6 is 24.0 Å². The Bertz CT molecular complexity index is 824. The van der Waals surface area contributed by atoms with Gasteiger partial charge in [-0.2, -0.15) is 5.10 Å². The van der Waals surface area contributed by atoms with Gasteiger partial charge in [-0.25, -0.2) is 0 Å². The van der Waals surface area contributed by atoms with E-state index in [9.17, 15) is 0 Å². The van der Waals surface area contributed by atoms with Crippen LogP contribution < -0.4 is 10.1 Å². The standard InChI is InChI=1S/C22H34N6O2.HI/c1-6-23-22(28-11-12-30-21(16-28)18-13-25-27(4)15-18)24-14-20(26(2)3)17-7-9-19(29-5)10-8-17;/h7-10,13,15,20-21H,6,11-12,14,16H2,1-5H3,(H,23,24);1H. The molecule has 0 aliphatic carbocycles. The van der Waals surface area contributed by atoms with Gasteiger partial charge >= 0.3 is 0 Å². The summed E-state index contributed by atoms with van der Waals surface area (Å²) in [5.74, 6) is 1.79. The van der Waals surface area contributed by atoms with E-state index in [4.69, 9.17) is 14.5 Å². The third-order valence-corrected chi connectivity index (χ3v) is 5.34. The molecule has 8 nitrogen and oxygen atoms in total. The second-order valence-corrected chi connectivity index (χ2v) is 7.70. The highest BCUT2D eigenvalue weighted by Crippen LogP contribution is 2.23. The van der Waals surface area contributed by atoms with Gasteiger partial charge in [-0.1, -0.05) is 12.1 Å². The number of aryl methyl sites for hydroxylation is 1. The predicted octanol–water partition coefficient (Wildman–Crippen LogP) is 2.69. The van der Waals surface area contributed by atoms with Gasteiger partial charge in [0.1, 0.15) is 11.9 Å². The van der Waals surface area contributed by atoms with E-state index in [-0.39, 0.29) is 36.1 Å². The molecule has 1 aromatic heterocycles. The van der Waals surface area contributed by atoms with Gasteiger partial charge in [-0.05, 0) is 38.7 Å². The molecule has 2 unspecified atom stereocenters. The third kappa shape index (κ3) is 6.81. The van der Waals surface area contributed by atoms with Gasteiger partial charge in [0.15, 0.2) is 5.96 Å². The van der Waals surface area contributed by atoms with Crippen LogP contribution in [0.25, 0.3) is 0 Å². The summed E-state index contributed by atoms with van der Waals surface area (Å²) in [5, 5.41) is 7.74. The summed E-state index contributed by atoms with van der Waals surface area (Å²) in [6, 6.07) is 8.40. The summed E-state index contributed by atoms with van der Waals surface area (Å²) in [4.78, 5) is 9.48. The van der Waals surface area contributed by atoms with Gasteiger partial charge in [0.25, 0.3) is 0 Å². The number of morpholine rings is 1. The zero-order chi connectivity index (χ0) is 21.5. The summed E-state index contributed by atoms with van der Waals surface area (Å²) >= 11 is 0. The van der Waals surface area contributed by atoms with Crippen LogP contribution in [0.3, 0.4) is 0 Å². The smallest absolute Gasteiger partial charge is 0.194 e. The Morgan fingerprint density at radius 1 is 1.35 bits per heavy atom. The Hall–Kier alpha value is -1.85. The Morgan fingerprint density at radius 2 is 2.10 bits per heavy atom. The molecule has 3 rings (SSSR count). The van der Waals surface area contributed by atoms with Crippen LogP contribution in [0.1, 0.15) is 30.2 Å². The van der Waals surface area contributed by atoms with E-state index in [1.54, 1.807) is 7.11 Å². The van der Waals surface area contributed by atoms with Crippen LogP contribution in [-0.4, -0.2) is 79.5 Å². The molecular formula is C22H35IN6O2. The Balaban J connectivity index is 0.00000341. The summed E-state index contributed by atoms with van der Waals surface area (Å²) < 4.78 is 13.1. The molecule has 2 aromatic rings. The Labute approximate surface area is 202 Å². The molecule has 31 heavy (non-hydrogen) atoms. The molecule has 172 valence electrons. The summed E-state index contributed by atoms with van der Waals surface area (Å²) in [5.41, 5.74) is 2.32. The molecule has 9 heteroatoms. The van der Waals surface area contributed by atoms with Crippen LogP contribution in [0, 0.1) is 0 Å². The van der Waals surface area contributed by atoms with Crippen molar-refractivity contribution >= 4 is 29.9 Å². The number of hydrogen-bond acceptors (Lipinski definition) is 5. The second-order valence-electron chi connectivity index (χ2n) is 7.70. The number of aliphatic imine (C=N–C) groups is 1. The fourth-order valence-electron chi connectivity index (χ4n) is 3.64. The topological polar surface area (TPSA) is 67.2 Å². The van der Waals surface area contributed by atoms with Crippen LogP contribution in [0.4, 0.5) is 0 Å².